The first-order chi connectivity index (χ1) is 6.69. The largest absolute Gasteiger partial charge is 0.343 e. The number of nitrogens with one attached hydrogen (secondary N) is 1. The second-order valence-electron chi connectivity index (χ2n) is 2.85. The number of thiazole rings is 1. The SMILES string of the molecule is CCNC(=O)N=c1scc(C)n1CC. The van der Waals surface area contributed by atoms with Crippen LogP contribution < -0.4 is 10.1 Å². The van der Waals surface area contributed by atoms with Gasteiger partial charge in [0.05, 0.1) is 0 Å². The van der Waals surface area contributed by atoms with Gasteiger partial charge in [-0.2, -0.15) is 4.99 Å². The predicted octanol–water partition coefficient (Wildman–Crippen LogP) is 1.51. The molecule has 0 saturated heterocycles. The van der Waals surface area contributed by atoms with Crippen LogP contribution in [-0.4, -0.2) is 17.1 Å². The highest BCUT2D eigenvalue weighted by Gasteiger charge is 2.00. The van der Waals surface area contributed by atoms with Gasteiger partial charge in [-0.1, -0.05) is 0 Å². The summed E-state index contributed by atoms with van der Waals surface area (Å²) in [6, 6.07) is -0.267. The van der Waals surface area contributed by atoms with Gasteiger partial charge in [0.15, 0.2) is 4.80 Å². The highest BCUT2D eigenvalue weighted by atomic mass is 32.1. The highest BCUT2D eigenvalue weighted by Crippen LogP contribution is 1.98. The minimum atomic E-state index is -0.267. The van der Waals surface area contributed by atoms with Crippen molar-refractivity contribution in [2.24, 2.45) is 4.99 Å². The smallest absolute Gasteiger partial charge is 0.336 e. The summed E-state index contributed by atoms with van der Waals surface area (Å²) in [5, 5.41) is 4.64. The number of aromatic nitrogens is 1. The zero-order valence-electron chi connectivity index (χ0n) is 8.70. The molecule has 0 unspecified atom stereocenters. The Morgan fingerprint density at radius 2 is 2.36 bits per heavy atom. The number of nitrogens with zero attached hydrogens (tertiary/aromatic N) is 2. The van der Waals surface area contributed by atoms with E-state index in [4.69, 9.17) is 0 Å². The molecule has 5 heteroatoms. The first-order valence-corrected chi connectivity index (χ1v) is 5.54. The van der Waals surface area contributed by atoms with Crippen molar-refractivity contribution in [3.8, 4) is 0 Å². The third-order valence-corrected chi connectivity index (χ3v) is 2.81. The molecule has 4 nitrogen and oxygen atoms in total. The summed E-state index contributed by atoms with van der Waals surface area (Å²) < 4.78 is 2.01. The number of rotatable bonds is 2. The molecule has 14 heavy (non-hydrogen) atoms. The number of urea groups is 1. The minimum Gasteiger partial charge on any atom is -0.336 e. The lowest BCUT2D eigenvalue weighted by Crippen LogP contribution is -2.24. The Balaban J connectivity index is 2.99. The second-order valence-corrected chi connectivity index (χ2v) is 3.69. The molecule has 0 aliphatic carbocycles. The maximum atomic E-state index is 11.2. The maximum Gasteiger partial charge on any atom is 0.343 e. The quantitative estimate of drug-likeness (QED) is 0.795. The van der Waals surface area contributed by atoms with Crippen LogP contribution in [-0.2, 0) is 6.54 Å². The molecular formula is C9H15N3OS. The lowest BCUT2D eigenvalue weighted by atomic mass is 10.5. The Bertz CT molecular complexity index is 378. The third kappa shape index (κ3) is 2.45. The average molecular weight is 213 g/mol. The van der Waals surface area contributed by atoms with Gasteiger partial charge < -0.3 is 9.88 Å². The molecule has 1 rings (SSSR count). The fourth-order valence-corrected chi connectivity index (χ4v) is 2.10. The lowest BCUT2D eigenvalue weighted by molar-refractivity contribution is 0.249. The van der Waals surface area contributed by atoms with Gasteiger partial charge in [-0.15, -0.1) is 11.3 Å². The van der Waals surface area contributed by atoms with E-state index in [1.165, 1.54) is 11.3 Å². The van der Waals surface area contributed by atoms with Crippen molar-refractivity contribution in [2.75, 3.05) is 6.54 Å². The van der Waals surface area contributed by atoms with E-state index in [-0.39, 0.29) is 6.03 Å². The average Bonchev–Trinajstić information content (AvgIpc) is 2.47. The van der Waals surface area contributed by atoms with Crippen LogP contribution >= 0.6 is 11.3 Å². The van der Waals surface area contributed by atoms with Gasteiger partial charge in [-0.3, -0.25) is 0 Å². The fourth-order valence-electron chi connectivity index (χ4n) is 1.17. The summed E-state index contributed by atoms with van der Waals surface area (Å²) in [6.45, 7) is 7.38. The van der Waals surface area contributed by atoms with Crippen LogP contribution in [0, 0.1) is 6.92 Å². The monoisotopic (exact) mass is 213 g/mol. The topological polar surface area (TPSA) is 46.4 Å². The number of aryl methyl sites for hydroxylation is 1. The molecule has 2 amide bonds. The van der Waals surface area contributed by atoms with Crippen molar-refractivity contribution >= 4 is 17.4 Å². The zero-order valence-corrected chi connectivity index (χ0v) is 9.52. The lowest BCUT2D eigenvalue weighted by Gasteiger charge is -1.99. The van der Waals surface area contributed by atoms with Gasteiger partial charge in [0.2, 0.25) is 0 Å². The highest BCUT2D eigenvalue weighted by molar-refractivity contribution is 7.07. The third-order valence-electron chi connectivity index (χ3n) is 1.83. The molecule has 1 aromatic heterocycles. The zero-order chi connectivity index (χ0) is 10.6. The fraction of sp³-hybridized carbons (Fsp3) is 0.556. The molecular weight excluding hydrogens is 198 g/mol. The molecule has 1 aromatic rings. The summed E-state index contributed by atoms with van der Waals surface area (Å²) in [5.41, 5.74) is 1.14. The Hall–Kier alpha value is -1.10. The van der Waals surface area contributed by atoms with Crippen LogP contribution in [0.5, 0.6) is 0 Å². The van der Waals surface area contributed by atoms with E-state index in [1.54, 1.807) is 0 Å². The second kappa shape index (κ2) is 4.95. The van der Waals surface area contributed by atoms with Crippen molar-refractivity contribution in [3.63, 3.8) is 0 Å². The summed E-state index contributed by atoms with van der Waals surface area (Å²) >= 11 is 1.49. The molecule has 78 valence electrons. The first-order valence-electron chi connectivity index (χ1n) is 4.66. The van der Waals surface area contributed by atoms with E-state index in [0.717, 1.165) is 17.0 Å². The van der Waals surface area contributed by atoms with Crippen LogP contribution in [0.1, 0.15) is 19.5 Å². The van der Waals surface area contributed by atoms with Gasteiger partial charge in [0.25, 0.3) is 0 Å². The van der Waals surface area contributed by atoms with Gasteiger partial charge in [-0.05, 0) is 20.8 Å². The molecule has 0 aliphatic heterocycles. The van der Waals surface area contributed by atoms with Crippen molar-refractivity contribution in [1.82, 2.24) is 9.88 Å². The molecule has 1 heterocycles. The van der Waals surface area contributed by atoms with E-state index in [2.05, 4.69) is 10.3 Å². The summed E-state index contributed by atoms with van der Waals surface area (Å²) in [6.07, 6.45) is 0. The molecule has 0 aromatic carbocycles. The Morgan fingerprint density at radius 1 is 1.64 bits per heavy atom. The molecule has 0 atom stereocenters. The summed E-state index contributed by atoms with van der Waals surface area (Å²) in [5.74, 6) is 0. The van der Waals surface area contributed by atoms with Crippen molar-refractivity contribution < 1.29 is 4.79 Å². The number of hydrogen-bond donors (Lipinski definition) is 1. The first kappa shape index (κ1) is 11.0. The number of carbonyl (C=O) groups excluding carboxylic acids is 1. The van der Waals surface area contributed by atoms with Crippen molar-refractivity contribution in [2.45, 2.75) is 27.3 Å². The number of carbonyl (C=O) groups is 1. The Labute approximate surface area is 87.3 Å². The van der Waals surface area contributed by atoms with Crippen LogP contribution in [0.25, 0.3) is 0 Å². The van der Waals surface area contributed by atoms with E-state index in [0.29, 0.717) is 6.54 Å². The van der Waals surface area contributed by atoms with E-state index >= 15 is 0 Å². The van der Waals surface area contributed by atoms with Crippen molar-refractivity contribution in [3.05, 3.63) is 15.9 Å². The van der Waals surface area contributed by atoms with Gasteiger partial charge in [-0.25, -0.2) is 4.79 Å². The maximum absolute atomic E-state index is 11.2. The minimum absolute atomic E-state index is 0.267. The van der Waals surface area contributed by atoms with Crippen molar-refractivity contribution in [1.29, 1.82) is 0 Å². The Morgan fingerprint density at radius 3 is 2.93 bits per heavy atom. The molecule has 0 bridgehead atoms. The Kier molecular flexibility index (Phi) is 3.88. The standard InChI is InChI=1S/C9H15N3OS/c1-4-10-8(13)11-9-12(5-2)7(3)6-14-9/h6H,4-5H2,1-3H3,(H,10,13). The van der Waals surface area contributed by atoms with Gasteiger partial charge >= 0.3 is 6.03 Å². The van der Waals surface area contributed by atoms with E-state index in [1.807, 2.05) is 30.7 Å². The van der Waals surface area contributed by atoms with Gasteiger partial charge in [0.1, 0.15) is 0 Å². The predicted molar refractivity (Wildman–Crippen MR) is 57.4 cm³/mol. The summed E-state index contributed by atoms with van der Waals surface area (Å²) in [7, 11) is 0. The summed E-state index contributed by atoms with van der Waals surface area (Å²) in [4.78, 5) is 15.9. The normalized spacial score (nSPS) is 11.8. The van der Waals surface area contributed by atoms with Crippen LogP contribution in [0.2, 0.25) is 0 Å². The van der Waals surface area contributed by atoms with Gasteiger partial charge in [0, 0.05) is 24.2 Å². The molecule has 0 saturated carbocycles. The molecule has 1 N–H and O–H groups in total. The molecule has 0 aliphatic rings. The van der Waals surface area contributed by atoms with Crippen LogP contribution in [0.15, 0.2) is 10.4 Å². The van der Waals surface area contributed by atoms with Crippen LogP contribution in [0.4, 0.5) is 4.79 Å². The van der Waals surface area contributed by atoms with E-state index in [9.17, 15) is 4.79 Å². The molecule has 0 spiro atoms. The molecule has 0 fully saturated rings. The van der Waals surface area contributed by atoms with E-state index < -0.39 is 0 Å². The number of amides is 2. The number of hydrogen-bond acceptors (Lipinski definition) is 2. The molecule has 0 radical (unpaired) electrons. The van der Waals surface area contributed by atoms with Crippen LogP contribution in [0.3, 0.4) is 0 Å².